The molecule has 0 radical (unpaired) electrons. The van der Waals surface area contributed by atoms with Gasteiger partial charge in [-0.25, -0.2) is 0 Å². The summed E-state index contributed by atoms with van der Waals surface area (Å²) in [6, 6.07) is 0. The fourth-order valence-corrected chi connectivity index (χ4v) is 6.68. The van der Waals surface area contributed by atoms with Crippen LogP contribution in [-0.4, -0.2) is 49.0 Å². The van der Waals surface area contributed by atoms with Crippen molar-refractivity contribution in [3.63, 3.8) is 0 Å². The Labute approximate surface area is 148 Å². The van der Waals surface area contributed by atoms with Gasteiger partial charge >= 0.3 is 0 Å². The molecular weight excluding hydrogens is 298 g/mol. The number of nitrogens with zero attached hydrogens (tertiary/aromatic N) is 1. The SMILES string of the molecule is OC(CCOCC12CC3CC(CC(C3)C1)C2)CN1CCCCCC1. The van der Waals surface area contributed by atoms with Gasteiger partial charge in [0.1, 0.15) is 0 Å². The molecule has 3 heteroatoms. The Hall–Kier alpha value is -0.120. The number of ether oxygens (including phenoxy) is 1. The first-order chi connectivity index (χ1) is 11.7. The summed E-state index contributed by atoms with van der Waals surface area (Å²) in [6.45, 7) is 4.90. The quantitative estimate of drug-likeness (QED) is 0.717. The van der Waals surface area contributed by atoms with E-state index in [1.54, 1.807) is 0 Å². The van der Waals surface area contributed by atoms with Gasteiger partial charge in [-0.1, -0.05) is 12.8 Å². The highest BCUT2D eigenvalue weighted by Gasteiger charge is 2.50. The maximum Gasteiger partial charge on any atom is 0.0689 e. The molecule has 0 spiro atoms. The molecule has 1 aliphatic heterocycles. The molecule has 4 saturated carbocycles. The van der Waals surface area contributed by atoms with Crippen molar-refractivity contribution in [2.24, 2.45) is 23.2 Å². The molecule has 1 saturated heterocycles. The number of β-amino-alcohol motifs (C(OH)–C–C–N with tert-alkyl or cyclic N) is 1. The number of likely N-dealkylation sites (tertiary alicyclic amines) is 1. The lowest BCUT2D eigenvalue weighted by atomic mass is 9.50. The van der Waals surface area contributed by atoms with Gasteiger partial charge in [-0.2, -0.15) is 0 Å². The maximum atomic E-state index is 10.3. The summed E-state index contributed by atoms with van der Waals surface area (Å²) >= 11 is 0. The van der Waals surface area contributed by atoms with E-state index in [4.69, 9.17) is 4.74 Å². The second-order valence-corrected chi connectivity index (χ2v) is 9.63. The highest BCUT2D eigenvalue weighted by molar-refractivity contribution is 5.01. The van der Waals surface area contributed by atoms with Gasteiger partial charge in [0.2, 0.25) is 0 Å². The molecule has 4 bridgehead atoms. The van der Waals surface area contributed by atoms with Crippen molar-refractivity contribution in [1.29, 1.82) is 0 Å². The molecule has 1 atom stereocenters. The van der Waals surface area contributed by atoms with Crippen LogP contribution in [0, 0.1) is 23.2 Å². The Bertz CT molecular complexity index is 367. The van der Waals surface area contributed by atoms with Crippen LogP contribution in [0.4, 0.5) is 0 Å². The minimum Gasteiger partial charge on any atom is -0.392 e. The Morgan fingerprint density at radius 1 is 0.917 bits per heavy atom. The van der Waals surface area contributed by atoms with E-state index in [0.717, 1.165) is 43.9 Å². The monoisotopic (exact) mass is 335 g/mol. The first kappa shape index (κ1) is 17.3. The molecule has 5 aliphatic rings. The van der Waals surface area contributed by atoms with Gasteiger partial charge < -0.3 is 14.7 Å². The molecule has 5 rings (SSSR count). The standard InChI is InChI=1S/C21H37NO2/c23-20(15-22-6-3-1-2-4-7-22)5-8-24-16-21-12-17-9-18(13-21)11-19(10-17)14-21/h17-20,23H,1-16H2. The van der Waals surface area contributed by atoms with Crippen LogP contribution in [-0.2, 0) is 4.74 Å². The van der Waals surface area contributed by atoms with E-state index in [2.05, 4.69) is 4.90 Å². The predicted molar refractivity (Wildman–Crippen MR) is 97.0 cm³/mol. The lowest BCUT2D eigenvalue weighted by Gasteiger charge is -2.56. The summed E-state index contributed by atoms with van der Waals surface area (Å²) < 4.78 is 6.12. The molecule has 0 aromatic heterocycles. The molecule has 3 nitrogen and oxygen atoms in total. The predicted octanol–water partition coefficient (Wildman–Crippen LogP) is 3.85. The van der Waals surface area contributed by atoms with Gasteiger partial charge in [-0.05, 0) is 94.0 Å². The Balaban J connectivity index is 1.15. The number of rotatable bonds is 7. The van der Waals surface area contributed by atoms with E-state index in [9.17, 15) is 5.11 Å². The van der Waals surface area contributed by atoms with Crippen LogP contribution < -0.4 is 0 Å². The molecule has 0 aromatic carbocycles. The van der Waals surface area contributed by atoms with Crippen molar-refractivity contribution in [2.75, 3.05) is 32.8 Å². The Morgan fingerprint density at radius 2 is 1.50 bits per heavy atom. The average Bonchev–Trinajstić information content (AvgIpc) is 2.79. The van der Waals surface area contributed by atoms with E-state index in [1.165, 1.54) is 77.3 Å². The van der Waals surface area contributed by atoms with Crippen LogP contribution in [0.2, 0.25) is 0 Å². The van der Waals surface area contributed by atoms with Gasteiger partial charge in [0.05, 0.1) is 12.7 Å². The third kappa shape index (κ3) is 4.16. The highest BCUT2D eigenvalue weighted by Crippen LogP contribution is 2.60. The topological polar surface area (TPSA) is 32.7 Å². The van der Waals surface area contributed by atoms with Crippen LogP contribution in [0.25, 0.3) is 0 Å². The molecule has 1 unspecified atom stereocenters. The largest absolute Gasteiger partial charge is 0.392 e. The summed E-state index contributed by atoms with van der Waals surface area (Å²) in [4.78, 5) is 2.46. The summed E-state index contributed by atoms with van der Waals surface area (Å²) in [6.07, 6.45) is 14.7. The van der Waals surface area contributed by atoms with Crippen molar-refractivity contribution in [1.82, 2.24) is 4.90 Å². The smallest absolute Gasteiger partial charge is 0.0689 e. The zero-order valence-corrected chi connectivity index (χ0v) is 15.4. The van der Waals surface area contributed by atoms with Gasteiger partial charge in [0.25, 0.3) is 0 Å². The Morgan fingerprint density at radius 3 is 2.08 bits per heavy atom. The molecule has 138 valence electrons. The van der Waals surface area contributed by atoms with Crippen LogP contribution in [0.5, 0.6) is 0 Å². The van der Waals surface area contributed by atoms with E-state index in [-0.39, 0.29) is 6.10 Å². The molecule has 1 N–H and O–H groups in total. The highest BCUT2D eigenvalue weighted by atomic mass is 16.5. The van der Waals surface area contributed by atoms with Crippen LogP contribution >= 0.6 is 0 Å². The summed E-state index contributed by atoms with van der Waals surface area (Å²) in [7, 11) is 0. The number of aliphatic hydroxyl groups excluding tert-OH is 1. The van der Waals surface area contributed by atoms with E-state index < -0.39 is 0 Å². The maximum absolute atomic E-state index is 10.3. The van der Waals surface area contributed by atoms with Crippen molar-refractivity contribution < 1.29 is 9.84 Å². The van der Waals surface area contributed by atoms with Crippen LogP contribution in [0.15, 0.2) is 0 Å². The van der Waals surface area contributed by atoms with Crippen LogP contribution in [0.3, 0.4) is 0 Å². The zero-order chi connectivity index (χ0) is 16.4. The fourth-order valence-electron chi connectivity index (χ4n) is 6.68. The third-order valence-corrected chi connectivity index (χ3v) is 7.34. The number of hydrogen-bond donors (Lipinski definition) is 1. The van der Waals surface area contributed by atoms with E-state index in [1.807, 2.05) is 0 Å². The normalized spacial score (nSPS) is 40.6. The number of aliphatic hydroxyl groups is 1. The Kier molecular flexibility index (Phi) is 5.50. The second-order valence-electron chi connectivity index (χ2n) is 9.63. The second kappa shape index (κ2) is 7.63. The molecule has 0 aromatic rings. The number of hydrogen-bond acceptors (Lipinski definition) is 3. The molecule has 4 aliphatic carbocycles. The first-order valence-corrected chi connectivity index (χ1v) is 10.7. The van der Waals surface area contributed by atoms with Gasteiger partial charge in [-0.15, -0.1) is 0 Å². The van der Waals surface area contributed by atoms with E-state index in [0.29, 0.717) is 5.41 Å². The van der Waals surface area contributed by atoms with Crippen molar-refractivity contribution in [3.05, 3.63) is 0 Å². The summed E-state index contributed by atoms with van der Waals surface area (Å²) in [5, 5.41) is 10.3. The van der Waals surface area contributed by atoms with Gasteiger partial charge in [0.15, 0.2) is 0 Å². The minimum atomic E-state index is -0.209. The molecule has 1 heterocycles. The molecule has 5 fully saturated rings. The fraction of sp³-hybridized carbons (Fsp3) is 1.00. The molecule has 24 heavy (non-hydrogen) atoms. The average molecular weight is 336 g/mol. The zero-order valence-electron chi connectivity index (χ0n) is 15.4. The van der Waals surface area contributed by atoms with Crippen molar-refractivity contribution in [2.45, 2.75) is 76.7 Å². The molecule has 0 amide bonds. The van der Waals surface area contributed by atoms with Gasteiger partial charge in [-0.3, -0.25) is 0 Å². The summed E-state index contributed by atoms with van der Waals surface area (Å²) in [5.41, 5.74) is 0.518. The lowest BCUT2D eigenvalue weighted by molar-refractivity contribution is -0.0988. The van der Waals surface area contributed by atoms with Crippen LogP contribution in [0.1, 0.15) is 70.6 Å². The first-order valence-electron chi connectivity index (χ1n) is 10.7. The minimum absolute atomic E-state index is 0.209. The lowest BCUT2D eigenvalue weighted by Crippen LogP contribution is -2.48. The van der Waals surface area contributed by atoms with Gasteiger partial charge in [0, 0.05) is 13.2 Å². The summed E-state index contributed by atoms with van der Waals surface area (Å²) in [5.74, 6) is 3.02. The van der Waals surface area contributed by atoms with Crippen molar-refractivity contribution >= 4 is 0 Å². The molecular formula is C21H37NO2. The van der Waals surface area contributed by atoms with Crippen molar-refractivity contribution in [3.8, 4) is 0 Å². The van der Waals surface area contributed by atoms with E-state index >= 15 is 0 Å². The third-order valence-electron chi connectivity index (χ3n) is 7.34.